The molecule has 1 fully saturated rings. The number of sulfonamides is 1. The van der Waals surface area contributed by atoms with Gasteiger partial charge in [0.2, 0.25) is 21.8 Å². The first kappa shape index (κ1) is 21.5. The minimum atomic E-state index is -3.58. The Morgan fingerprint density at radius 2 is 1.55 bits per heavy atom. The number of methoxy groups -OCH3 is 1. The third-order valence-electron chi connectivity index (χ3n) is 5.65. The van der Waals surface area contributed by atoms with Crippen LogP contribution in [-0.4, -0.2) is 37.6 Å². The summed E-state index contributed by atoms with van der Waals surface area (Å²) >= 11 is 0. The summed E-state index contributed by atoms with van der Waals surface area (Å²) in [6.45, 7) is 7.64. The van der Waals surface area contributed by atoms with Gasteiger partial charge in [-0.05, 0) is 75.6 Å². The molecule has 2 aromatic rings. The lowest BCUT2D eigenvalue weighted by atomic mass is 9.94. The Kier molecular flexibility index (Phi) is 6.43. The minimum absolute atomic E-state index is 0.0122. The quantitative estimate of drug-likeness (QED) is 0.772. The fourth-order valence-electron chi connectivity index (χ4n) is 3.82. The Hall–Kier alpha value is -2.19. The van der Waals surface area contributed by atoms with Crippen molar-refractivity contribution in [2.45, 2.75) is 70.4 Å². The first-order valence-corrected chi connectivity index (χ1v) is 11.3. The van der Waals surface area contributed by atoms with Crippen LogP contribution in [0.4, 0.5) is 0 Å². The molecule has 1 heterocycles. The van der Waals surface area contributed by atoms with Gasteiger partial charge in [-0.2, -0.15) is 4.98 Å². The van der Waals surface area contributed by atoms with Crippen LogP contribution in [0.25, 0.3) is 0 Å². The van der Waals surface area contributed by atoms with Crippen molar-refractivity contribution in [3.8, 4) is 11.8 Å². The molecule has 7 nitrogen and oxygen atoms in total. The zero-order valence-corrected chi connectivity index (χ0v) is 18.5. The van der Waals surface area contributed by atoms with Gasteiger partial charge in [0.05, 0.1) is 24.4 Å². The average Bonchev–Trinajstić information content (AvgIpc) is 2.68. The van der Waals surface area contributed by atoms with Gasteiger partial charge in [-0.3, -0.25) is 4.98 Å². The Balaban J connectivity index is 1.65. The molecule has 0 atom stereocenters. The zero-order chi connectivity index (χ0) is 21.2. The highest BCUT2D eigenvalue weighted by Gasteiger charge is 2.29. The highest BCUT2D eigenvalue weighted by molar-refractivity contribution is 7.89. The maximum atomic E-state index is 13.1. The minimum Gasteiger partial charge on any atom is -0.480 e. The number of hydrogen-bond donors (Lipinski definition) is 1. The molecule has 0 radical (unpaired) electrons. The number of rotatable bonds is 6. The maximum Gasteiger partial charge on any atom is 0.241 e. The molecule has 1 aliphatic carbocycles. The van der Waals surface area contributed by atoms with E-state index < -0.39 is 10.0 Å². The fourth-order valence-corrected chi connectivity index (χ4v) is 5.74. The van der Waals surface area contributed by atoms with Crippen molar-refractivity contribution in [1.82, 2.24) is 14.7 Å². The Labute approximate surface area is 172 Å². The van der Waals surface area contributed by atoms with Gasteiger partial charge in [0.1, 0.15) is 6.10 Å². The van der Waals surface area contributed by atoms with Crippen molar-refractivity contribution in [3.63, 3.8) is 0 Å². The molecule has 0 spiro atoms. The van der Waals surface area contributed by atoms with Gasteiger partial charge in [-0.1, -0.05) is 6.07 Å². The van der Waals surface area contributed by atoms with Gasteiger partial charge in [-0.15, -0.1) is 0 Å². The fraction of sp³-hybridized carbons (Fsp3) is 0.524. The van der Waals surface area contributed by atoms with Gasteiger partial charge in [-0.25, -0.2) is 13.1 Å². The normalized spacial score (nSPS) is 19.8. The standard InChI is InChI=1S/C21H29N3O4S/c1-13-10-14(2)16(4)21(15(13)3)29(25,26)24-17-6-8-18(9-7-17)28-20-12-22-11-19(23-20)27-5/h10-12,17-18,24H,6-9H2,1-5H3. The van der Waals surface area contributed by atoms with Crippen LogP contribution in [0.15, 0.2) is 23.4 Å². The molecule has 1 aliphatic rings. The number of hydrogen-bond acceptors (Lipinski definition) is 6. The summed E-state index contributed by atoms with van der Waals surface area (Å²) in [4.78, 5) is 8.68. The number of benzene rings is 1. The van der Waals surface area contributed by atoms with Crippen LogP contribution in [0.5, 0.6) is 11.8 Å². The van der Waals surface area contributed by atoms with Crippen molar-refractivity contribution in [2.24, 2.45) is 0 Å². The van der Waals surface area contributed by atoms with Crippen molar-refractivity contribution >= 4 is 10.0 Å². The van der Waals surface area contributed by atoms with Gasteiger partial charge >= 0.3 is 0 Å². The molecular weight excluding hydrogens is 390 g/mol. The molecule has 1 saturated carbocycles. The predicted octanol–water partition coefficient (Wildman–Crippen LogP) is 3.39. The summed E-state index contributed by atoms with van der Waals surface area (Å²) in [6, 6.07) is 1.93. The SMILES string of the molecule is COc1cncc(OC2CCC(NS(=O)(=O)c3c(C)c(C)cc(C)c3C)CC2)n1. The molecule has 0 unspecified atom stereocenters. The number of ether oxygens (including phenoxy) is 2. The molecule has 29 heavy (non-hydrogen) atoms. The lowest BCUT2D eigenvalue weighted by Crippen LogP contribution is -2.40. The van der Waals surface area contributed by atoms with E-state index in [0.29, 0.717) is 29.5 Å². The second-order valence-electron chi connectivity index (χ2n) is 7.70. The van der Waals surface area contributed by atoms with Crippen molar-refractivity contribution in [1.29, 1.82) is 0 Å². The van der Waals surface area contributed by atoms with Crippen molar-refractivity contribution in [3.05, 3.63) is 40.7 Å². The molecule has 1 N–H and O–H groups in total. The molecule has 1 aromatic carbocycles. The Morgan fingerprint density at radius 3 is 2.14 bits per heavy atom. The van der Waals surface area contributed by atoms with E-state index in [1.807, 2.05) is 33.8 Å². The molecule has 8 heteroatoms. The molecule has 0 bridgehead atoms. The number of nitrogens with one attached hydrogen (secondary N) is 1. The lowest BCUT2D eigenvalue weighted by molar-refractivity contribution is 0.136. The van der Waals surface area contributed by atoms with Gasteiger partial charge in [0.25, 0.3) is 0 Å². The molecule has 158 valence electrons. The van der Waals surface area contributed by atoms with Gasteiger partial charge in [0, 0.05) is 6.04 Å². The first-order chi connectivity index (χ1) is 13.7. The third kappa shape index (κ3) is 4.87. The monoisotopic (exact) mass is 419 g/mol. The molecule has 1 aromatic heterocycles. The number of aryl methyl sites for hydroxylation is 2. The Morgan fingerprint density at radius 1 is 0.966 bits per heavy atom. The molecule has 3 rings (SSSR count). The second-order valence-corrected chi connectivity index (χ2v) is 9.35. The molecule has 0 aliphatic heterocycles. The summed E-state index contributed by atoms with van der Waals surface area (Å²) in [5.74, 6) is 0.831. The predicted molar refractivity (Wildman–Crippen MR) is 111 cm³/mol. The van der Waals surface area contributed by atoms with E-state index >= 15 is 0 Å². The van der Waals surface area contributed by atoms with Crippen LogP contribution in [-0.2, 0) is 10.0 Å². The van der Waals surface area contributed by atoms with Crippen LogP contribution in [0.1, 0.15) is 47.9 Å². The highest BCUT2D eigenvalue weighted by Crippen LogP contribution is 2.28. The summed E-state index contributed by atoms with van der Waals surface area (Å²) in [5.41, 5.74) is 3.61. The lowest BCUT2D eigenvalue weighted by Gasteiger charge is -2.29. The van der Waals surface area contributed by atoms with Gasteiger partial charge < -0.3 is 9.47 Å². The number of aromatic nitrogens is 2. The summed E-state index contributed by atoms with van der Waals surface area (Å²) in [5, 5.41) is 0. The van der Waals surface area contributed by atoms with E-state index in [4.69, 9.17) is 9.47 Å². The summed E-state index contributed by atoms with van der Waals surface area (Å²) < 4.78 is 40.1. The van der Waals surface area contributed by atoms with Crippen LogP contribution >= 0.6 is 0 Å². The van der Waals surface area contributed by atoms with Gasteiger partial charge in [0.15, 0.2) is 0 Å². The van der Waals surface area contributed by atoms with E-state index in [9.17, 15) is 8.42 Å². The molecule has 0 saturated heterocycles. The Bertz CT molecular complexity index is 957. The van der Waals surface area contributed by atoms with E-state index in [2.05, 4.69) is 14.7 Å². The highest BCUT2D eigenvalue weighted by atomic mass is 32.2. The van der Waals surface area contributed by atoms with E-state index in [-0.39, 0.29) is 12.1 Å². The van der Waals surface area contributed by atoms with Crippen LogP contribution in [0, 0.1) is 27.7 Å². The number of nitrogens with zero attached hydrogens (tertiary/aromatic N) is 2. The van der Waals surface area contributed by atoms with Crippen molar-refractivity contribution in [2.75, 3.05) is 7.11 Å². The second kappa shape index (κ2) is 8.67. The topological polar surface area (TPSA) is 90.4 Å². The maximum absolute atomic E-state index is 13.1. The van der Waals surface area contributed by atoms with Crippen LogP contribution in [0.3, 0.4) is 0 Å². The van der Waals surface area contributed by atoms with E-state index in [1.54, 1.807) is 6.20 Å². The van der Waals surface area contributed by atoms with E-state index in [1.165, 1.54) is 13.3 Å². The zero-order valence-electron chi connectivity index (χ0n) is 17.7. The molecular formula is C21H29N3O4S. The van der Waals surface area contributed by atoms with E-state index in [0.717, 1.165) is 35.1 Å². The average molecular weight is 420 g/mol. The third-order valence-corrected chi connectivity index (χ3v) is 7.44. The summed E-state index contributed by atoms with van der Waals surface area (Å²) in [7, 11) is -2.05. The van der Waals surface area contributed by atoms with Crippen molar-refractivity contribution < 1.29 is 17.9 Å². The summed E-state index contributed by atoms with van der Waals surface area (Å²) in [6.07, 6.45) is 5.99. The first-order valence-electron chi connectivity index (χ1n) is 9.83. The largest absolute Gasteiger partial charge is 0.480 e. The van der Waals surface area contributed by atoms with Crippen LogP contribution in [0.2, 0.25) is 0 Å². The molecule has 0 amide bonds. The smallest absolute Gasteiger partial charge is 0.241 e. The van der Waals surface area contributed by atoms with Crippen LogP contribution < -0.4 is 14.2 Å².